The molecule has 0 spiro atoms. The summed E-state index contributed by atoms with van der Waals surface area (Å²) in [6.07, 6.45) is -1.29. The van der Waals surface area contributed by atoms with E-state index >= 15 is 0 Å². The smallest absolute Gasteiger partial charge is 0.320 e. The van der Waals surface area contributed by atoms with Crippen molar-refractivity contribution in [2.45, 2.75) is 45.8 Å². The third-order valence-electron chi connectivity index (χ3n) is 4.73. The van der Waals surface area contributed by atoms with E-state index in [0.29, 0.717) is 0 Å². The number of amides is 3. The summed E-state index contributed by atoms with van der Waals surface area (Å²) in [6, 6.07) is 7.82. The number of nitrogens with two attached hydrogens (primary N) is 1. The lowest BCUT2D eigenvalue weighted by Crippen LogP contribution is -2.57. The lowest BCUT2D eigenvalue weighted by molar-refractivity contribution is -0.172. The minimum atomic E-state index is -4.79. The number of hydrogen-bond acceptors (Lipinski definition) is 5. The number of halogens is 3. The number of hydrogen-bond donors (Lipinski definition) is 4. The first-order valence-corrected chi connectivity index (χ1v) is 10.5. The molecule has 1 aromatic rings. The van der Waals surface area contributed by atoms with E-state index < -0.39 is 48.3 Å². The Bertz CT molecular complexity index is 814. The number of hydroxylamine groups is 1. The summed E-state index contributed by atoms with van der Waals surface area (Å²) < 4.78 is 38.9. The van der Waals surface area contributed by atoms with E-state index in [9.17, 15) is 32.8 Å². The van der Waals surface area contributed by atoms with Gasteiger partial charge in [-0.3, -0.25) is 25.0 Å². The molecule has 0 heterocycles. The zero-order valence-corrected chi connectivity index (χ0v) is 18.8. The minimum absolute atomic E-state index is 0.0204. The molecule has 8 nitrogen and oxygen atoms in total. The van der Waals surface area contributed by atoms with Gasteiger partial charge in [0.2, 0.25) is 11.8 Å². The average molecular weight is 473 g/mol. The van der Waals surface area contributed by atoms with Gasteiger partial charge in [0.25, 0.3) is 5.91 Å². The van der Waals surface area contributed by atoms with Crippen LogP contribution < -0.4 is 16.6 Å². The van der Waals surface area contributed by atoms with Crippen molar-refractivity contribution in [1.82, 2.24) is 15.9 Å². The monoisotopic (exact) mass is 472 g/mol. The van der Waals surface area contributed by atoms with Crippen molar-refractivity contribution < 1.29 is 32.8 Å². The van der Waals surface area contributed by atoms with Crippen molar-refractivity contribution in [3.8, 4) is 0 Å². The number of benzene rings is 1. The predicted octanol–water partition coefficient (Wildman–Crippen LogP) is 2.64. The summed E-state index contributed by atoms with van der Waals surface area (Å²) >= 11 is 0. The highest BCUT2D eigenvalue weighted by Crippen LogP contribution is 2.26. The van der Waals surface area contributed by atoms with E-state index in [0.717, 1.165) is 5.56 Å². The van der Waals surface area contributed by atoms with Crippen LogP contribution >= 0.6 is 0 Å². The van der Waals surface area contributed by atoms with Crippen molar-refractivity contribution in [2.75, 3.05) is 6.54 Å². The molecule has 0 unspecified atom stereocenters. The number of allylic oxidation sites excluding steroid dienone is 1. The third kappa shape index (κ3) is 10.0. The summed E-state index contributed by atoms with van der Waals surface area (Å²) in [4.78, 5) is 37.5. The topological polar surface area (TPSA) is 125 Å². The number of carbonyl (C=O) groups excluding carboxylic acids is 3. The molecule has 11 heteroatoms. The van der Waals surface area contributed by atoms with Crippen LogP contribution in [0, 0.1) is 17.8 Å². The molecule has 0 aromatic heterocycles. The molecule has 3 amide bonds. The van der Waals surface area contributed by atoms with Crippen molar-refractivity contribution in [1.29, 1.82) is 0 Å². The second-order valence-electron chi connectivity index (χ2n) is 8.17. The zero-order chi connectivity index (χ0) is 25.2. The second-order valence-corrected chi connectivity index (χ2v) is 8.17. The highest BCUT2D eigenvalue weighted by atomic mass is 19.4. The standard InChI is InChI=1S/C22H31F3N4O4/c1-14(2)12-18(19(30)27-29(13-22(23,24)25)21(32)15(3)26)17(20(31)28-33)11-7-10-16-8-5-4-6-9-16/h4-10,14-15,17-18,33H,11-13,26H2,1-3H3,(H,27,30)(H,28,31)/t15-,17+,18-/m1/s1. The molecule has 0 radical (unpaired) electrons. The van der Waals surface area contributed by atoms with E-state index in [1.807, 2.05) is 35.8 Å². The van der Waals surface area contributed by atoms with Crippen LogP contribution in [0.4, 0.5) is 13.2 Å². The van der Waals surface area contributed by atoms with Gasteiger partial charge < -0.3 is 5.73 Å². The zero-order valence-electron chi connectivity index (χ0n) is 18.8. The molecule has 3 atom stereocenters. The largest absolute Gasteiger partial charge is 0.408 e. The molecule has 0 saturated heterocycles. The molecule has 0 fully saturated rings. The van der Waals surface area contributed by atoms with Crippen LogP contribution in [0.25, 0.3) is 6.08 Å². The van der Waals surface area contributed by atoms with Crippen LogP contribution in [0.15, 0.2) is 36.4 Å². The number of nitrogens with one attached hydrogen (secondary N) is 2. The third-order valence-corrected chi connectivity index (χ3v) is 4.73. The lowest BCUT2D eigenvalue weighted by atomic mass is 9.82. The van der Waals surface area contributed by atoms with Crippen molar-refractivity contribution in [2.24, 2.45) is 23.5 Å². The summed E-state index contributed by atoms with van der Waals surface area (Å²) in [5.41, 5.74) is 9.77. The number of carbonyl (C=O) groups is 3. The Morgan fingerprint density at radius 2 is 1.70 bits per heavy atom. The number of hydrazine groups is 1. The minimum Gasteiger partial charge on any atom is -0.320 e. The van der Waals surface area contributed by atoms with Crippen LogP contribution in [-0.4, -0.2) is 46.7 Å². The first-order valence-electron chi connectivity index (χ1n) is 10.5. The molecule has 0 saturated carbocycles. The maximum Gasteiger partial charge on any atom is 0.408 e. The fraction of sp³-hybridized carbons (Fsp3) is 0.500. The maximum atomic E-state index is 13.0. The van der Waals surface area contributed by atoms with Gasteiger partial charge in [-0.15, -0.1) is 0 Å². The normalized spacial score (nSPS) is 14.6. The molecule has 0 aliphatic heterocycles. The Morgan fingerprint density at radius 1 is 1.09 bits per heavy atom. The van der Waals surface area contributed by atoms with Crippen molar-refractivity contribution in [3.63, 3.8) is 0 Å². The summed E-state index contributed by atoms with van der Waals surface area (Å²) in [5, 5.41) is 9.32. The molecule has 0 aliphatic carbocycles. The Hall–Kier alpha value is -2.92. The molecule has 1 rings (SSSR count). The Morgan fingerprint density at radius 3 is 2.18 bits per heavy atom. The summed E-state index contributed by atoms with van der Waals surface area (Å²) in [6.45, 7) is 3.00. The predicted molar refractivity (Wildman–Crippen MR) is 116 cm³/mol. The van der Waals surface area contributed by atoms with E-state index in [4.69, 9.17) is 5.73 Å². The van der Waals surface area contributed by atoms with Gasteiger partial charge in [-0.2, -0.15) is 13.2 Å². The van der Waals surface area contributed by atoms with Crippen LogP contribution in [-0.2, 0) is 14.4 Å². The van der Waals surface area contributed by atoms with Gasteiger partial charge in [-0.25, -0.2) is 10.5 Å². The van der Waals surface area contributed by atoms with Crippen molar-refractivity contribution >= 4 is 23.8 Å². The maximum absolute atomic E-state index is 13.0. The van der Waals surface area contributed by atoms with Gasteiger partial charge in [-0.1, -0.05) is 56.3 Å². The molecular formula is C22H31F3N4O4. The highest BCUT2D eigenvalue weighted by Gasteiger charge is 2.38. The van der Waals surface area contributed by atoms with Gasteiger partial charge in [0.1, 0.15) is 6.54 Å². The molecule has 0 aliphatic rings. The summed E-state index contributed by atoms with van der Waals surface area (Å²) in [5.74, 6) is -5.30. The SMILES string of the molecule is CC(C)C[C@@H](C(=O)NN(CC(F)(F)F)C(=O)[C@@H](C)N)[C@H](CC=Cc1ccccc1)C(=O)NO. The van der Waals surface area contributed by atoms with Crippen LogP contribution in [0.5, 0.6) is 0 Å². The van der Waals surface area contributed by atoms with Crippen LogP contribution in [0.2, 0.25) is 0 Å². The number of nitrogens with zero attached hydrogens (tertiary/aromatic N) is 1. The van der Waals surface area contributed by atoms with Gasteiger partial charge in [0.05, 0.1) is 17.9 Å². The van der Waals surface area contributed by atoms with E-state index in [-0.39, 0.29) is 23.8 Å². The van der Waals surface area contributed by atoms with Crippen molar-refractivity contribution in [3.05, 3.63) is 42.0 Å². The van der Waals surface area contributed by atoms with Crippen LogP contribution in [0.1, 0.15) is 39.2 Å². The average Bonchev–Trinajstić information content (AvgIpc) is 2.73. The summed E-state index contributed by atoms with van der Waals surface area (Å²) in [7, 11) is 0. The fourth-order valence-electron chi connectivity index (χ4n) is 3.23. The fourth-order valence-corrected chi connectivity index (χ4v) is 3.23. The van der Waals surface area contributed by atoms with E-state index in [1.54, 1.807) is 26.0 Å². The van der Waals surface area contributed by atoms with Gasteiger partial charge in [-0.05, 0) is 31.2 Å². The van der Waals surface area contributed by atoms with Gasteiger partial charge in [0, 0.05) is 0 Å². The Labute approximate surface area is 190 Å². The molecule has 184 valence electrons. The molecule has 1 aromatic carbocycles. The molecular weight excluding hydrogens is 441 g/mol. The quantitative estimate of drug-likeness (QED) is 0.308. The Kier molecular flexibility index (Phi) is 11.0. The molecule has 5 N–H and O–H groups in total. The lowest BCUT2D eigenvalue weighted by Gasteiger charge is -2.30. The van der Waals surface area contributed by atoms with Crippen LogP contribution in [0.3, 0.4) is 0 Å². The highest BCUT2D eigenvalue weighted by molar-refractivity contribution is 5.89. The van der Waals surface area contributed by atoms with Gasteiger partial charge in [0.15, 0.2) is 0 Å². The molecule has 33 heavy (non-hydrogen) atoms. The first-order chi connectivity index (χ1) is 15.4. The second kappa shape index (κ2) is 12.9. The van der Waals surface area contributed by atoms with E-state index in [2.05, 4.69) is 0 Å². The first kappa shape index (κ1) is 28.1. The number of alkyl halides is 3. The Balaban J connectivity index is 3.18. The molecule has 0 bridgehead atoms. The van der Waals surface area contributed by atoms with E-state index in [1.165, 1.54) is 12.4 Å². The number of rotatable bonds is 10. The van der Waals surface area contributed by atoms with Gasteiger partial charge >= 0.3 is 6.18 Å².